The predicted octanol–water partition coefficient (Wildman–Crippen LogP) is -0.00383. The number of amidine groups is 1. The van der Waals surface area contributed by atoms with Gasteiger partial charge in [-0.3, -0.25) is 20.4 Å². The van der Waals surface area contributed by atoms with Gasteiger partial charge in [-0.25, -0.2) is 10.3 Å². The second-order valence-corrected chi connectivity index (χ2v) is 4.12. The van der Waals surface area contributed by atoms with Crippen LogP contribution in [0.5, 0.6) is 0 Å². The van der Waals surface area contributed by atoms with Gasteiger partial charge in [0, 0.05) is 6.20 Å². The Hall–Kier alpha value is -1.77. The summed E-state index contributed by atoms with van der Waals surface area (Å²) in [6.45, 7) is 0.0959. The zero-order chi connectivity index (χ0) is 13.3. The van der Waals surface area contributed by atoms with Crippen molar-refractivity contribution < 1.29 is 10.0 Å². The van der Waals surface area contributed by atoms with Crippen molar-refractivity contribution in [1.29, 1.82) is 5.41 Å². The first kappa shape index (κ1) is 12.7. The normalized spacial score (nSPS) is 23.4. The molecule has 2 heterocycles. The van der Waals surface area contributed by atoms with E-state index < -0.39 is 17.4 Å². The van der Waals surface area contributed by atoms with Crippen LogP contribution in [-0.4, -0.2) is 38.3 Å². The highest BCUT2D eigenvalue weighted by Crippen LogP contribution is 2.15. The summed E-state index contributed by atoms with van der Waals surface area (Å²) in [5.41, 5.74) is 0.659. The van der Waals surface area contributed by atoms with E-state index in [1.54, 1.807) is 12.1 Å². The third-order valence-corrected chi connectivity index (χ3v) is 2.74. The maximum absolute atomic E-state index is 10.8. The maximum Gasteiger partial charge on any atom is 0.349 e. The first-order valence-corrected chi connectivity index (χ1v) is 5.40. The fraction of sp³-hybridized carbons (Fsp3) is 0.333. The molecule has 1 aliphatic heterocycles. The Morgan fingerprint density at radius 2 is 2.39 bits per heavy atom. The molecule has 2 rings (SSSR count). The fourth-order valence-electron chi connectivity index (χ4n) is 1.64. The third-order valence-electron chi connectivity index (χ3n) is 2.51. The Kier molecular flexibility index (Phi) is 3.41. The molecule has 1 aromatic rings. The summed E-state index contributed by atoms with van der Waals surface area (Å²) in [4.78, 5) is 15.2. The van der Waals surface area contributed by atoms with Crippen molar-refractivity contribution in [3.8, 4) is 0 Å². The Morgan fingerprint density at radius 1 is 1.67 bits per heavy atom. The lowest BCUT2D eigenvalue weighted by molar-refractivity contribution is -0.550. The first-order chi connectivity index (χ1) is 8.49. The summed E-state index contributed by atoms with van der Waals surface area (Å²) in [5.74, 6) is -0.244. The molecule has 0 saturated carbocycles. The van der Waals surface area contributed by atoms with Crippen LogP contribution in [-0.2, 0) is 6.54 Å². The number of nitro groups is 1. The number of nitrogens with zero attached hydrogens (tertiary/aromatic N) is 3. The van der Waals surface area contributed by atoms with E-state index in [1.807, 2.05) is 0 Å². The lowest BCUT2D eigenvalue weighted by atomic mass is 10.2. The summed E-state index contributed by atoms with van der Waals surface area (Å²) >= 11 is 5.63. The Balaban J connectivity index is 2.17. The summed E-state index contributed by atoms with van der Waals surface area (Å²) < 4.78 is 0. The van der Waals surface area contributed by atoms with Crippen LogP contribution in [0.3, 0.4) is 0 Å². The topological polar surface area (TPSA) is 115 Å². The van der Waals surface area contributed by atoms with E-state index in [2.05, 4.69) is 10.3 Å². The summed E-state index contributed by atoms with van der Waals surface area (Å²) in [5, 5.41) is 30.4. The number of aliphatic hydroxyl groups excluding tert-OH is 1. The molecule has 18 heavy (non-hydrogen) atoms. The minimum Gasteiger partial charge on any atom is -0.371 e. The fourth-order valence-corrected chi connectivity index (χ4v) is 1.75. The molecule has 2 atom stereocenters. The molecular weight excluding hydrogens is 262 g/mol. The SMILES string of the molecule is N=C1C(O)NC([N+](=O)[O-])N1Cc1ccc(Cl)nc1. The van der Waals surface area contributed by atoms with Crippen LogP contribution >= 0.6 is 11.6 Å². The van der Waals surface area contributed by atoms with Crippen LogP contribution in [0.4, 0.5) is 0 Å². The lowest BCUT2D eigenvalue weighted by Gasteiger charge is -2.18. The summed E-state index contributed by atoms with van der Waals surface area (Å²) in [6.07, 6.45) is -1.18. The molecule has 2 unspecified atom stereocenters. The van der Waals surface area contributed by atoms with Crippen molar-refractivity contribution in [3.63, 3.8) is 0 Å². The van der Waals surface area contributed by atoms with Gasteiger partial charge in [0.05, 0.1) is 11.5 Å². The second-order valence-electron chi connectivity index (χ2n) is 3.73. The minimum absolute atomic E-state index is 0.0959. The van der Waals surface area contributed by atoms with E-state index in [0.717, 1.165) is 4.90 Å². The predicted molar refractivity (Wildman–Crippen MR) is 62.4 cm³/mol. The number of pyridine rings is 1. The number of hydrogen-bond acceptors (Lipinski definition) is 6. The molecule has 1 aromatic heterocycles. The van der Waals surface area contributed by atoms with Gasteiger partial charge in [-0.15, -0.1) is 0 Å². The van der Waals surface area contributed by atoms with E-state index in [9.17, 15) is 15.2 Å². The van der Waals surface area contributed by atoms with Crippen molar-refractivity contribution in [2.75, 3.05) is 0 Å². The largest absolute Gasteiger partial charge is 0.371 e. The van der Waals surface area contributed by atoms with Crippen molar-refractivity contribution >= 4 is 17.4 Å². The maximum atomic E-state index is 10.8. The minimum atomic E-state index is -1.33. The van der Waals surface area contributed by atoms with Crippen molar-refractivity contribution in [2.24, 2.45) is 0 Å². The number of nitrogens with one attached hydrogen (secondary N) is 2. The standard InChI is InChI=1S/C9H10ClN5O3/c10-6-2-1-5(3-12-6)4-14-7(11)8(16)13-9(14)15(17)18/h1-3,8-9,11,13,16H,4H2. The zero-order valence-corrected chi connectivity index (χ0v) is 9.83. The molecule has 96 valence electrons. The molecule has 0 aliphatic carbocycles. The first-order valence-electron chi connectivity index (χ1n) is 5.02. The molecule has 3 N–H and O–H groups in total. The van der Waals surface area contributed by atoms with Crippen LogP contribution in [0.15, 0.2) is 18.3 Å². The molecule has 0 spiro atoms. The molecule has 0 bridgehead atoms. The van der Waals surface area contributed by atoms with Gasteiger partial charge in [0.25, 0.3) is 0 Å². The van der Waals surface area contributed by atoms with Gasteiger partial charge in [-0.05, 0) is 11.6 Å². The second kappa shape index (κ2) is 4.84. The third kappa shape index (κ3) is 2.40. The van der Waals surface area contributed by atoms with Gasteiger partial charge in [0.1, 0.15) is 11.0 Å². The van der Waals surface area contributed by atoms with Crippen LogP contribution in [0, 0.1) is 15.5 Å². The molecule has 0 amide bonds. The summed E-state index contributed by atoms with van der Waals surface area (Å²) in [7, 11) is 0. The number of aliphatic hydroxyl groups is 1. The van der Waals surface area contributed by atoms with E-state index >= 15 is 0 Å². The Morgan fingerprint density at radius 3 is 2.94 bits per heavy atom. The Bertz CT molecular complexity index is 480. The van der Waals surface area contributed by atoms with Gasteiger partial charge >= 0.3 is 6.29 Å². The molecule has 1 aliphatic rings. The molecule has 9 heteroatoms. The van der Waals surface area contributed by atoms with Gasteiger partial charge in [0.15, 0.2) is 6.23 Å². The van der Waals surface area contributed by atoms with Crippen LogP contribution in [0.2, 0.25) is 5.15 Å². The lowest BCUT2D eigenvalue weighted by Crippen LogP contribution is -2.43. The average molecular weight is 272 g/mol. The van der Waals surface area contributed by atoms with Gasteiger partial charge < -0.3 is 5.11 Å². The number of hydrogen-bond donors (Lipinski definition) is 3. The molecule has 0 radical (unpaired) electrons. The molecular formula is C9H10ClN5O3. The highest BCUT2D eigenvalue weighted by molar-refractivity contribution is 6.29. The number of aromatic nitrogens is 1. The average Bonchev–Trinajstić information content (AvgIpc) is 2.60. The smallest absolute Gasteiger partial charge is 0.349 e. The van der Waals surface area contributed by atoms with Crippen molar-refractivity contribution in [3.05, 3.63) is 39.2 Å². The molecule has 1 fully saturated rings. The monoisotopic (exact) mass is 271 g/mol. The van der Waals surface area contributed by atoms with Crippen LogP contribution < -0.4 is 5.32 Å². The molecule has 1 saturated heterocycles. The van der Waals surface area contributed by atoms with Gasteiger partial charge in [-0.2, -0.15) is 0 Å². The van der Waals surface area contributed by atoms with Gasteiger partial charge in [-0.1, -0.05) is 17.7 Å². The zero-order valence-electron chi connectivity index (χ0n) is 9.08. The van der Waals surface area contributed by atoms with E-state index in [-0.39, 0.29) is 12.4 Å². The molecule has 8 nitrogen and oxygen atoms in total. The number of rotatable bonds is 3. The Labute approximate surface area is 107 Å². The molecule has 0 aromatic carbocycles. The van der Waals surface area contributed by atoms with Crippen LogP contribution in [0.25, 0.3) is 0 Å². The van der Waals surface area contributed by atoms with Crippen LogP contribution in [0.1, 0.15) is 5.56 Å². The van der Waals surface area contributed by atoms with Gasteiger partial charge in [0.2, 0.25) is 0 Å². The highest BCUT2D eigenvalue weighted by Gasteiger charge is 2.42. The van der Waals surface area contributed by atoms with Crippen molar-refractivity contribution in [2.45, 2.75) is 19.1 Å². The van der Waals surface area contributed by atoms with E-state index in [4.69, 9.17) is 17.0 Å². The number of halogens is 1. The van der Waals surface area contributed by atoms with E-state index in [0.29, 0.717) is 10.7 Å². The van der Waals surface area contributed by atoms with E-state index in [1.165, 1.54) is 6.20 Å². The highest BCUT2D eigenvalue weighted by atomic mass is 35.5. The quantitative estimate of drug-likeness (QED) is 0.405. The summed E-state index contributed by atoms with van der Waals surface area (Å²) in [6, 6.07) is 3.21. The van der Waals surface area contributed by atoms with Crippen molar-refractivity contribution in [1.82, 2.24) is 15.2 Å².